The SMILES string of the molecule is C=C1NC(N)C=CN1[C@@H]1O[C@](CN=[N+]=[N-])(COC(=O)C(N)C(C)C)[C@@H](O)[C@H]1F. The number of aliphatic hydroxyl groups is 1. The average molecular weight is 399 g/mol. The van der Waals surface area contributed by atoms with Gasteiger partial charge in [0.2, 0.25) is 0 Å². The molecule has 2 rings (SSSR count). The number of carbonyl (C=O) groups excluding carboxylic acids is 1. The molecule has 0 saturated carbocycles. The third-order valence-electron chi connectivity index (χ3n) is 4.69. The maximum atomic E-state index is 14.9. The number of alkyl halides is 1. The number of esters is 1. The molecule has 0 radical (unpaired) electrons. The Morgan fingerprint density at radius 2 is 2.36 bits per heavy atom. The molecule has 0 aromatic carbocycles. The number of ether oxygens (including phenoxy) is 2. The van der Waals surface area contributed by atoms with E-state index in [0.29, 0.717) is 0 Å². The van der Waals surface area contributed by atoms with Crippen molar-refractivity contribution < 1.29 is 23.8 Å². The van der Waals surface area contributed by atoms with Gasteiger partial charge in [0.15, 0.2) is 12.4 Å². The number of azide groups is 1. The molecule has 0 bridgehead atoms. The molecule has 12 heteroatoms. The van der Waals surface area contributed by atoms with Crippen molar-refractivity contribution >= 4 is 5.97 Å². The van der Waals surface area contributed by atoms with E-state index in [9.17, 15) is 14.3 Å². The number of carbonyl (C=O) groups is 1. The summed E-state index contributed by atoms with van der Waals surface area (Å²) in [6, 6.07) is -0.900. The van der Waals surface area contributed by atoms with E-state index in [-0.39, 0.29) is 11.7 Å². The Balaban J connectivity index is 2.23. The maximum Gasteiger partial charge on any atom is 0.323 e. The molecule has 156 valence electrons. The number of rotatable bonds is 7. The van der Waals surface area contributed by atoms with Gasteiger partial charge < -0.3 is 36.3 Å². The van der Waals surface area contributed by atoms with Crippen molar-refractivity contribution in [2.45, 2.75) is 50.2 Å². The molecular weight excluding hydrogens is 373 g/mol. The minimum atomic E-state index is -1.91. The summed E-state index contributed by atoms with van der Waals surface area (Å²) < 4.78 is 25.8. The van der Waals surface area contributed by atoms with Gasteiger partial charge in [-0.2, -0.15) is 0 Å². The van der Waals surface area contributed by atoms with Crippen molar-refractivity contribution in [2.75, 3.05) is 13.2 Å². The highest BCUT2D eigenvalue weighted by molar-refractivity contribution is 5.75. The molecule has 6 atom stereocenters. The van der Waals surface area contributed by atoms with Gasteiger partial charge in [-0.15, -0.1) is 0 Å². The van der Waals surface area contributed by atoms with Crippen molar-refractivity contribution in [3.8, 4) is 0 Å². The lowest BCUT2D eigenvalue weighted by molar-refractivity contribution is -0.168. The fourth-order valence-corrected chi connectivity index (χ4v) is 2.87. The molecule has 2 heterocycles. The van der Waals surface area contributed by atoms with Gasteiger partial charge in [0.25, 0.3) is 0 Å². The van der Waals surface area contributed by atoms with Crippen LogP contribution in [0.3, 0.4) is 0 Å². The summed E-state index contributed by atoms with van der Waals surface area (Å²) in [4.78, 5) is 16.0. The van der Waals surface area contributed by atoms with Crippen molar-refractivity contribution in [3.63, 3.8) is 0 Å². The van der Waals surface area contributed by atoms with Gasteiger partial charge in [-0.3, -0.25) is 4.79 Å². The Labute approximate surface area is 161 Å². The third-order valence-corrected chi connectivity index (χ3v) is 4.69. The fraction of sp³-hybridized carbons (Fsp3) is 0.688. The highest BCUT2D eigenvalue weighted by Crippen LogP contribution is 2.37. The van der Waals surface area contributed by atoms with Crippen molar-refractivity contribution in [1.82, 2.24) is 10.2 Å². The standard InChI is InChI=1S/C16H26FN7O4/c1-8(2)12(19)15(26)27-7-16(6-21-23-20)13(25)11(17)14(28-16)24-5-4-10(18)22-9(24)3/h4-5,8,10-14,22,25H,3,6-7,18-19H2,1-2H3/t10?,11-,12?,13+,14-,16-/m1/s1. The van der Waals surface area contributed by atoms with Crippen LogP contribution in [-0.2, 0) is 14.3 Å². The monoisotopic (exact) mass is 399 g/mol. The first kappa shape index (κ1) is 21.9. The van der Waals surface area contributed by atoms with Gasteiger partial charge in [0.1, 0.15) is 30.2 Å². The Bertz CT molecular complexity index is 684. The zero-order valence-corrected chi connectivity index (χ0v) is 15.7. The summed E-state index contributed by atoms with van der Waals surface area (Å²) in [7, 11) is 0. The van der Waals surface area contributed by atoms with Crippen LogP contribution in [-0.4, -0.2) is 65.4 Å². The molecule has 11 nitrogen and oxygen atoms in total. The minimum Gasteiger partial charge on any atom is -0.461 e. The maximum absolute atomic E-state index is 14.9. The number of nitrogens with two attached hydrogens (primary N) is 2. The molecule has 1 fully saturated rings. The number of halogens is 1. The zero-order valence-electron chi connectivity index (χ0n) is 15.7. The van der Waals surface area contributed by atoms with Crippen LogP contribution in [0.25, 0.3) is 10.4 Å². The molecule has 0 spiro atoms. The molecule has 2 aliphatic rings. The number of hydrogen-bond acceptors (Lipinski definition) is 9. The largest absolute Gasteiger partial charge is 0.461 e. The Morgan fingerprint density at radius 3 is 2.93 bits per heavy atom. The average Bonchev–Trinajstić information content (AvgIpc) is 2.89. The lowest BCUT2D eigenvalue weighted by atomic mass is 9.96. The summed E-state index contributed by atoms with van der Waals surface area (Å²) in [5.41, 5.74) is 18.3. The lowest BCUT2D eigenvalue weighted by Crippen LogP contribution is -2.50. The Morgan fingerprint density at radius 1 is 1.68 bits per heavy atom. The summed E-state index contributed by atoms with van der Waals surface area (Å²) in [5, 5.41) is 16.7. The molecule has 0 amide bonds. The third kappa shape index (κ3) is 4.37. The van der Waals surface area contributed by atoms with Gasteiger partial charge in [-0.25, -0.2) is 4.39 Å². The van der Waals surface area contributed by atoms with Crippen LogP contribution in [0, 0.1) is 5.92 Å². The second-order valence-electron chi connectivity index (χ2n) is 7.09. The second kappa shape index (κ2) is 8.76. The number of hydrogen-bond donors (Lipinski definition) is 4. The van der Waals surface area contributed by atoms with E-state index < -0.39 is 55.4 Å². The quantitative estimate of drug-likeness (QED) is 0.197. The van der Waals surface area contributed by atoms with Crippen molar-refractivity contribution in [3.05, 3.63) is 35.1 Å². The van der Waals surface area contributed by atoms with Gasteiger partial charge >= 0.3 is 5.97 Å². The molecule has 2 aliphatic heterocycles. The van der Waals surface area contributed by atoms with E-state index in [1.165, 1.54) is 11.1 Å². The highest BCUT2D eigenvalue weighted by Gasteiger charge is 2.57. The van der Waals surface area contributed by atoms with E-state index in [1.807, 2.05) is 0 Å². The van der Waals surface area contributed by atoms with Crippen molar-refractivity contribution in [1.29, 1.82) is 0 Å². The van der Waals surface area contributed by atoms with Crippen LogP contribution in [0.15, 0.2) is 29.8 Å². The topological polar surface area (TPSA) is 172 Å². The fourth-order valence-electron chi connectivity index (χ4n) is 2.87. The molecule has 0 aromatic rings. The van der Waals surface area contributed by atoms with Crippen LogP contribution in [0.4, 0.5) is 4.39 Å². The molecule has 28 heavy (non-hydrogen) atoms. The normalized spacial score (nSPS) is 33.4. The minimum absolute atomic E-state index is 0.186. The smallest absolute Gasteiger partial charge is 0.323 e. The van der Waals surface area contributed by atoms with Crippen LogP contribution in [0.2, 0.25) is 0 Å². The van der Waals surface area contributed by atoms with Gasteiger partial charge in [0.05, 0.1) is 12.7 Å². The molecule has 6 N–H and O–H groups in total. The Hall–Kier alpha value is -2.37. The van der Waals surface area contributed by atoms with E-state index in [1.54, 1.807) is 19.9 Å². The summed E-state index contributed by atoms with van der Waals surface area (Å²) >= 11 is 0. The van der Waals surface area contributed by atoms with Gasteiger partial charge in [-0.05, 0) is 17.5 Å². The zero-order chi connectivity index (χ0) is 21.1. The number of nitrogens with one attached hydrogen (secondary N) is 1. The van der Waals surface area contributed by atoms with Crippen molar-refractivity contribution in [2.24, 2.45) is 22.5 Å². The van der Waals surface area contributed by atoms with Crippen LogP contribution < -0.4 is 16.8 Å². The summed E-state index contributed by atoms with van der Waals surface area (Å²) in [5.74, 6) is -0.665. The van der Waals surface area contributed by atoms with E-state index in [4.69, 9.17) is 26.5 Å². The summed E-state index contributed by atoms with van der Waals surface area (Å²) in [6.45, 7) is 6.23. The van der Waals surface area contributed by atoms with Gasteiger partial charge in [0, 0.05) is 11.1 Å². The summed E-state index contributed by atoms with van der Waals surface area (Å²) in [6.07, 6.45) is -2.43. The lowest BCUT2D eigenvalue weighted by Gasteiger charge is -2.36. The van der Waals surface area contributed by atoms with Crippen LogP contribution >= 0.6 is 0 Å². The predicted molar refractivity (Wildman–Crippen MR) is 97.5 cm³/mol. The first-order chi connectivity index (χ1) is 13.1. The van der Waals surface area contributed by atoms with E-state index >= 15 is 0 Å². The molecular formula is C16H26FN7O4. The van der Waals surface area contributed by atoms with E-state index in [2.05, 4.69) is 21.9 Å². The molecule has 2 unspecified atom stereocenters. The first-order valence-corrected chi connectivity index (χ1v) is 8.73. The number of aliphatic hydroxyl groups excluding tert-OH is 1. The highest BCUT2D eigenvalue weighted by atomic mass is 19.1. The molecule has 0 aromatic heterocycles. The van der Waals surface area contributed by atoms with Gasteiger partial charge in [-0.1, -0.05) is 25.5 Å². The van der Waals surface area contributed by atoms with E-state index in [0.717, 1.165) is 0 Å². The first-order valence-electron chi connectivity index (χ1n) is 8.73. The molecule has 1 saturated heterocycles. The number of nitrogens with zero attached hydrogens (tertiary/aromatic N) is 4. The van der Waals surface area contributed by atoms with Crippen LogP contribution in [0.1, 0.15) is 13.8 Å². The van der Waals surface area contributed by atoms with Crippen LogP contribution in [0.5, 0.6) is 0 Å². The molecule has 0 aliphatic carbocycles. The second-order valence-corrected chi connectivity index (χ2v) is 7.09. The predicted octanol–water partition coefficient (Wildman–Crippen LogP) is -0.208. The Kier molecular flexibility index (Phi) is 6.86.